The second kappa shape index (κ2) is 6.25. The van der Waals surface area contributed by atoms with Crippen molar-refractivity contribution in [2.75, 3.05) is 6.61 Å². The smallest absolute Gasteiger partial charge is 0.388 e. The van der Waals surface area contributed by atoms with Crippen molar-refractivity contribution in [2.24, 2.45) is 0 Å². The summed E-state index contributed by atoms with van der Waals surface area (Å²) in [5.74, 6) is -0.797. The van der Waals surface area contributed by atoms with Crippen molar-refractivity contribution in [3.8, 4) is 0 Å². The van der Waals surface area contributed by atoms with Crippen LogP contribution in [0.3, 0.4) is 0 Å². The fourth-order valence-electron chi connectivity index (χ4n) is 1.60. The summed E-state index contributed by atoms with van der Waals surface area (Å²) in [4.78, 5) is 28.1. The molecule has 0 bridgehead atoms. The Morgan fingerprint density at radius 2 is 2.05 bits per heavy atom. The van der Waals surface area contributed by atoms with Gasteiger partial charge in [0, 0.05) is 8.27 Å². The third-order valence-electron chi connectivity index (χ3n) is 2.45. The molecule has 0 spiro atoms. The minimum atomic E-state index is -4.79. The predicted molar refractivity (Wildman–Crippen MR) is 58.5 cm³/mol. The molecule has 6 N–H and O–H groups in total. The molecule has 11 heteroatoms. The third-order valence-corrected chi connectivity index (χ3v) is 2.94. The molecule has 0 saturated carbocycles. The fourth-order valence-corrected chi connectivity index (χ4v) is 1.94. The molecule has 1 fully saturated rings. The number of amides is 1. The largest absolute Gasteiger partial charge is 0.469 e. The number of hydrogen-bond donors (Lipinski definition) is 6. The topological polar surface area (TPSA) is 166 Å². The van der Waals surface area contributed by atoms with E-state index in [0.717, 1.165) is 0 Å². The molecular weight excluding hydrogens is 285 g/mol. The summed E-state index contributed by atoms with van der Waals surface area (Å²) in [6, 6.07) is -1.37. The number of phosphoric ester groups is 1. The first-order valence-electron chi connectivity index (χ1n) is 5.84. The summed E-state index contributed by atoms with van der Waals surface area (Å²) in [6.07, 6.45) is -6.42. The van der Waals surface area contributed by atoms with Crippen LogP contribution in [0, 0.1) is 0 Å². The number of aliphatic hydroxyl groups is 3. The van der Waals surface area contributed by atoms with Gasteiger partial charge in [-0.25, -0.2) is 4.57 Å². The van der Waals surface area contributed by atoms with Crippen LogP contribution in [0.5, 0.6) is 0 Å². The van der Waals surface area contributed by atoms with E-state index in [4.69, 9.17) is 15.9 Å². The zero-order chi connectivity index (χ0) is 15.5. The second-order valence-electron chi connectivity index (χ2n) is 3.93. The highest BCUT2D eigenvalue weighted by Gasteiger charge is 2.44. The van der Waals surface area contributed by atoms with Gasteiger partial charge in [-0.05, 0) is 0 Å². The lowest BCUT2D eigenvalue weighted by Crippen LogP contribution is -2.64. The van der Waals surface area contributed by atoms with Gasteiger partial charge in [0.1, 0.15) is 24.4 Å². The molecule has 0 aliphatic carbocycles. The number of ether oxygens (including phenoxy) is 1. The van der Waals surface area contributed by atoms with Gasteiger partial charge in [-0.15, -0.1) is 0 Å². The molecule has 1 rings (SSSR count). The Morgan fingerprint density at radius 3 is 2.58 bits per heavy atom. The molecule has 19 heavy (non-hydrogen) atoms. The van der Waals surface area contributed by atoms with Crippen molar-refractivity contribution < 1.29 is 45.1 Å². The zero-order valence-electron chi connectivity index (χ0n) is 10.6. The lowest BCUT2D eigenvalue weighted by molar-refractivity contribution is -0.252. The van der Waals surface area contributed by atoms with Gasteiger partial charge >= 0.3 is 7.82 Å². The maximum absolute atomic E-state index is 11.0. The Kier molecular flexibility index (Phi) is 4.87. The van der Waals surface area contributed by atoms with Gasteiger partial charge in [0.2, 0.25) is 5.91 Å². The number of phosphoric acid groups is 1. The average Bonchev–Trinajstić information content (AvgIpc) is 2.36. The summed E-state index contributed by atoms with van der Waals surface area (Å²) in [5.41, 5.74) is 0. The Balaban J connectivity index is 2.66. The first-order valence-corrected chi connectivity index (χ1v) is 6.67. The lowest BCUT2D eigenvalue weighted by atomic mass is 9.97. The molecule has 10 nitrogen and oxygen atoms in total. The van der Waals surface area contributed by atoms with Crippen molar-refractivity contribution in [3.05, 3.63) is 0 Å². The van der Waals surface area contributed by atoms with Gasteiger partial charge in [0.15, 0.2) is 6.29 Å². The van der Waals surface area contributed by atoms with Gasteiger partial charge in [-0.1, -0.05) is 0 Å². The molecule has 1 aliphatic heterocycles. The molecule has 1 heterocycles. The summed E-state index contributed by atoms with van der Waals surface area (Å²) in [5, 5.41) is 31.1. The van der Waals surface area contributed by atoms with Crippen molar-refractivity contribution in [1.29, 1.82) is 0 Å². The number of aliphatic hydroxyl groups excluding tert-OH is 3. The molecule has 1 unspecified atom stereocenters. The predicted octanol–water partition coefficient (Wildman–Crippen LogP) is -2.96. The Morgan fingerprint density at radius 1 is 1.42 bits per heavy atom. The van der Waals surface area contributed by atoms with Crippen molar-refractivity contribution in [2.45, 2.75) is 37.5 Å². The molecule has 1 amide bonds. The van der Waals surface area contributed by atoms with E-state index in [2.05, 4.69) is 9.84 Å². The molecule has 1 aliphatic rings. The molecule has 112 valence electrons. The van der Waals surface area contributed by atoms with E-state index in [1.165, 1.54) is 0 Å². The molecule has 5 atom stereocenters. The molecule has 0 aromatic carbocycles. The van der Waals surface area contributed by atoms with Gasteiger partial charge in [-0.2, -0.15) is 0 Å². The maximum atomic E-state index is 11.0. The standard InChI is InChI=1S/C8H16NO9P/c1-3(10)9-5-7(12)6(11)4(18-8(5)13)2-17-19(14,15)16/h4-8,11-13H,2H2,1H3,(H,9,10)(H2,14,15,16)/t4-,5-,6+,7-,8?/m1/s1/i1D. The van der Waals surface area contributed by atoms with Crippen molar-refractivity contribution in [3.63, 3.8) is 0 Å². The van der Waals surface area contributed by atoms with Crippen LogP contribution >= 0.6 is 7.82 Å². The Bertz CT molecular complexity index is 390. The van der Waals surface area contributed by atoms with Crippen LogP contribution in [-0.2, 0) is 18.6 Å². The SMILES string of the molecule is [2H]CC(=O)N[C@H]1C(O)O[C@H](COP(=O)(O)O)[C@H](O)[C@@H]1O. The van der Waals surface area contributed by atoms with E-state index in [0.29, 0.717) is 0 Å². The second-order valence-corrected chi connectivity index (χ2v) is 5.17. The zero-order valence-corrected chi connectivity index (χ0v) is 10.5. The number of nitrogens with one attached hydrogen (secondary N) is 1. The van der Waals surface area contributed by atoms with Crippen molar-refractivity contribution in [1.82, 2.24) is 5.32 Å². The quantitative estimate of drug-likeness (QED) is 0.297. The third kappa shape index (κ3) is 4.79. The highest BCUT2D eigenvalue weighted by Crippen LogP contribution is 2.36. The van der Waals surface area contributed by atoms with Gasteiger partial charge < -0.3 is 35.2 Å². The molecule has 0 radical (unpaired) electrons. The number of rotatable bonds is 4. The monoisotopic (exact) mass is 302 g/mol. The van der Waals surface area contributed by atoms with E-state index in [-0.39, 0.29) is 0 Å². The Labute approximate surface area is 109 Å². The molecular formula is C8H16NO9P. The fraction of sp³-hybridized carbons (Fsp3) is 0.875. The lowest BCUT2D eigenvalue weighted by Gasteiger charge is -2.40. The van der Waals surface area contributed by atoms with Gasteiger partial charge in [0.05, 0.1) is 6.61 Å². The van der Waals surface area contributed by atoms with E-state index in [9.17, 15) is 24.7 Å². The van der Waals surface area contributed by atoms with Gasteiger partial charge in [0.25, 0.3) is 0 Å². The summed E-state index contributed by atoms with van der Waals surface area (Å²) < 4.78 is 26.3. The molecule has 0 aromatic heterocycles. The summed E-state index contributed by atoms with van der Waals surface area (Å²) in [7, 11) is -4.79. The highest BCUT2D eigenvalue weighted by atomic mass is 31.2. The number of carbonyl (C=O) groups excluding carboxylic acids is 1. The van der Waals surface area contributed by atoms with Crippen LogP contribution < -0.4 is 5.32 Å². The molecule has 1 saturated heterocycles. The van der Waals surface area contributed by atoms with Crippen LogP contribution in [0.1, 0.15) is 8.27 Å². The van der Waals surface area contributed by atoms with Crippen LogP contribution in [0.2, 0.25) is 0 Å². The van der Waals surface area contributed by atoms with E-state index in [1.807, 2.05) is 0 Å². The highest BCUT2D eigenvalue weighted by molar-refractivity contribution is 7.46. The van der Waals surface area contributed by atoms with Gasteiger partial charge in [-0.3, -0.25) is 9.32 Å². The normalized spacial score (nSPS) is 36.7. The molecule has 0 aromatic rings. The maximum Gasteiger partial charge on any atom is 0.469 e. The minimum absolute atomic E-state index is 0.642. The summed E-state index contributed by atoms with van der Waals surface area (Å²) in [6.45, 7) is -1.41. The first-order chi connectivity index (χ1) is 9.15. The van der Waals surface area contributed by atoms with E-state index >= 15 is 0 Å². The van der Waals surface area contributed by atoms with Crippen LogP contribution in [0.25, 0.3) is 0 Å². The van der Waals surface area contributed by atoms with E-state index < -0.39 is 57.9 Å². The van der Waals surface area contributed by atoms with Crippen LogP contribution in [0.15, 0.2) is 0 Å². The number of carbonyl (C=O) groups is 1. The average molecular weight is 302 g/mol. The van der Waals surface area contributed by atoms with Crippen LogP contribution in [0.4, 0.5) is 0 Å². The van der Waals surface area contributed by atoms with Crippen LogP contribution in [-0.4, -0.2) is 68.3 Å². The Hall–Kier alpha value is -0.580. The van der Waals surface area contributed by atoms with E-state index in [1.54, 1.807) is 0 Å². The first kappa shape index (κ1) is 14.8. The number of hydrogen-bond acceptors (Lipinski definition) is 7. The van der Waals surface area contributed by atoms with Crippen molar-refractivity contribution >= 4 is 13.7 Å². The summed E-state index contributed by atoms with van der Waals surface area (Å²) >= 11 is 0. The minimum Gasteiger partial charge on any atom is -0.388 e.